The number of ketones is 1. The summed E-state index contributed by atoms with van der Waals surface area (Å²) in [5.41, 5.74) is 5.39. The van der Waals surface area contributed by atoms with Crippen LogP contribution in [0.5, 0.6) is 0 Å². The van der Waals surface area contributed by atoms with E-state index in [0.717, 1.165) is 25.7 Å². The predicted molar refractivity (Wildman–Crippen MR) is 106 cm³/mol. The quantitative estimate of drug-likeness (QED) is 0.592. The number of hydrogen-bond donors (Lipinski definition) is 0. The first-order chi connectivity index (χ1) is 12.1. The molecule has 1 aliphatic rings. The average Bonchev–Trinajstić information content (AvgIpc) is 2.67. The molecule has 2 aromatic carbocycles. The van der Waals surface area contributed by atoms with Crippen molar-refractivity contribution in [1.82, 2.24) is 0 Å². The minimum absolute atomic E-state index is 0.319. The summed E-state index contributed by atoms with van der Waals surface area (Å²) < 4.78 is 0. The van der Waals surface area contributed by atoms with Gasteiger partial charge in [0.25, 0.3) is 0 Å². The summed E-state index contributed by atoms with van der Waals surface area (Å²) in [5, 5.41) is 0. The number of carbonyl (C=O) groups is 1. The van der Waals surface area contributed by atoms with E-state index < -0.39 is 0 Å². The van der Waals surface area contributed by atoms with Crippen LogP contribution >= 0.6 is 0 Å². The molecule has 1 heteroatoms. The van der Waals surface area contributed by atoms with Crippen LogP contribution in [0.1, 0.15) is 75.8 Å². The Morgan fingerprint density at radius 2 is 1.40 bits per heavy atom. The Kier molecular flexibility index (Phi) is 5.73. The molecule has 1 saturated carbocycles. The SMILES string of the molecule is CCC(=O)C1CCC(c2ccc(-c3ccc(C(C)C)cc3)cc2)CC1. The fraction of sp³-hybridized carbons (Fsp3) is 0.458. The van der Waals surface area contributed by atoms with E-state index in [9.17, 15) is 4.79 Å². The molecule has 0 radical (unpaired) electrons. The van der Waals surface area contributed by atoms with Crippen molar-refractivity contribution in [3.8, 4) is 11.1 Å². The van der Waals surface area contributed by atoms with Crippen LogP contribution < -0.4 is 0 Å². The van der Waals surface area contributed by atoms with E-state index in [4.69, 9.17) is 0 Å². The average molecular weight is 335 g/mol. The van der Waals surface area contributed by atoms with Crippen LogP contribution in [0.15, 0.2) is 48.5 Å². The summed E-state index contributed by atoms with van der Waals surface area (Å²) in [7, 11) is 0. The smallest absolute Gasteiger partial charge is 0.135 e. The van der Waals surface area contributed by atoms with Crippen molar-refractivity contribution in [2.75, 3.05) is 0 Å². The number of Topliss-reactive ketones (excluding diaryl/α,β-unsaturated/α-hetero) is 1. The fourth-order valence-electron chi connectivity index (χ4n) is 4.05. The molecule has 0 amide bonds. The van der Waals surface area contributed by atoms with Gasteiger partial charge in [0.1, 0.15) is 5.78 Å². The van der Waals surface area contributed by atoms with E-state index in [-0.39, 0.29) is 0 Å². The molecular weight excluding hydrogens is 304 g/mol. The molecule has 0 saturated heterocycles. The molecule has 0 atom stereocenters. The van der Waals surface area contributed by atoms with Crippen molar-refractivity contribution >= 4 is 5.78 Å². The highest BCUT2D eigenvalue weighted by Gasteiger charge is 2.25. The van der Waals surface area contributed by atoms with Gasteiger partial charge < -0.3 is 0 Å². The number of rotatable bonds is 5. The molecule has 0 unspecified atom stereocenters. The second-order valence-corrected chi connectivity index (χ2v) is 7.77. The first-order valence-corrected chi connectivity index (χ1v) is 9.81. The minimum atomic E-state index is 0.319. The van der Waals surface area contributed by atoms with Gasteiger partial charge in [-0.1, -0.05) is 69.3 Å². The maximum atomic E-state index is 11.9. The summed E-state index contributed by atoms with van der Waals surface area (Å²) in [6, 6.07) is 18.0. The Morgan fingerprint density at radius 1 is 0.880 bits per heavy atom. The van der Waals surface area contributed by atoms with Crippen LogP contribution in [0.4, 0.5) is 0 Å². The van der Waals surface area contributed by atoms with Gasteiger partial charge in [-0.3, -0.25) is 4.79 Å². The van der Waals surface area contributed by atoms with E-state index in [2.05, 4.69) is 62.4 Å². The Bertz CT molecular complexity index is 686. The van der Waals surface area contributed by atoms with Crippen molar-refractivity contribution in [3.63, 3.8) is 0 Å². The molecule has 0 heterocycles. The second kappa shape index (κ2) is 7.99. The predicted octanol–water partition coefficient (Wildman–Crippen LogP) is 6.73. The maximum absolute atomic E-state index is 11.9. The van der Waals surface area contributed by atoms with E-state index in [0.29, 0.717) is 30.0 Å². The zero-order valence-electron chi connectivity index (χ0n) is 15.8. The lowest BCUT2D eigenvalue weighted by molar-refractivity contribution is -0.123. The number of hydrogen-bond acceptors (Lipinski definition) is 1. The van der Waals surface area contributed by atoms with Gasteiger partial charge in [0, 0.05) is 12.3 Å². The molecule has 0 aliphatic heterocycles. The van der Waals surface area contributed by atoms with Gasteiger partial charge in [-0.2, -0.15) is 0 Å². The van der Waals surface area contributed by atoms with Crippen LogP contribution in [0.2, 0.25) is 0 Å². The maximum Gasteiger partial charge on any atom is 0.135 e. The molecule has 1 fully saturated rings. The Balaban J connectivity index is 1.65. The van der Waals surface area contributed by atoms with Gasteiger partial charge in [-0.05, 0) is 59.8 Å². The van der Waals surface area contributed by atoms with Gasteiger partial charge in [-0.15, -0.1) is 0 Å². The molecule has 2 aromatic rings. The van der Waals surface area contributed by atoms with Gasteiger partial charge >= 0.3 is 0 Å². The van der Waals surface area contributed by atoms with Crippen LogP contribution in [-0.2, 0) is 4.79 Å². The van der Waals surface area contributed by atoms with Crippen LogP contribution in [0.3, 0.4) is 0 Å². The molecule has 25 heavy (non-hydrogen) atoms. The van der Waals surface area contributed by atoms with Crippen LogP contribution in [0, 0.1) is 5.92 Å². The molecule has 132 valence electrons. The highest BCUT2D eigenvalue weighted by atomic mass is 16.1. The normalized spacial score (nSPS) is 20.6. The molecule has 3 rings (SSSR count). The summed E-state index contributed by atoms with van der Waals surface area (Å²) >= 11 is 0. The topological polar surface area (TPSA) is 17.1 Å². The van der Waals surface area contributed by atoms with Crippen LogP contribution in [-0.4, -0.2) is 5.78 Å². The Hall–Kier alpha value is -1.89. The fourth-order valence-corrected chi connectivity index (χ4v) is 4.05. The van der Waals surface area contributed by atoms with Crippen molar-refractivity contribution in [3.05, 3.63) is 59.7 Å². The van der Waals surface area contributed by atoms with E-state index in [1.54, 1.807) is 0 Å². The highest BCUT2D eigenvalue weighted by Crippen LogP contribution is 2.37. The summed E-state index contributed by atoms with van der Waals surface area (Å²) in [6.45, 7) is 6.44. The summed E-state index contributed by atoms with van der Waals surface area (Å²) in [4.78, 5) is 11.9. The Labute approximate surface area is 152 Å². The standard InChI is InChI=1S/C24H30O/c1-4-24(25)23-15-13-22(14-16-23)21-11-9-20(10-12-21)19-7-5-18(6-8-19)17(2)3/h5-12,17,22-23H,4,13-16H2,1-3H3. The first kappa shape index (κ1) is 17.9. The van der Waals surface area contributed by atoms with Gasteiger partial charge in [0.05, 0.1) is 0 Å². The third-order valence-corrected chi connectivity index (χ3v) is 5.82. The molecule has 0 N–H and O–H groups in total. The highest BCUT2D eigenvalue weighted by molar-refractivity contribution is 5.80. The van der Waals surface area contributed by atoms with Crippen molar-refractivity contribution in [1.29, 1.82) is 0 Å². The molecule has 0 aromatic heterocycles. The summed E-state index contributed by atoms with van der Waals surface area (Å²) in [6.07, 6.45) is 5.13. The molecule has 1 aliphatic carbocycles. The van der Waals surface area contributed by atoms with Gasteiger partial charge in [-0.25, -0.2) is 0 Å². The third-order valence-electron chi connectivity index (χ3n) is 5.82. The molecular formula is C24H30O. The van der Waals surface area contributed by atoms with Crippen molar-refractivity contribution < 1.29 is 4.79 Å². The summed E-state index contributed by atoms with van der Waals surface area (Å²) in [5.74, 6) is 1.98. The largest absolute Gasteiger partial charge is 0.299 e. The zero-order chi connectivity index (χ0) is 17.8. The zero-order valence-corrected chi connectivity index (χ0v) is 15.8. The van der Waals surface area contributed by atoms with Gasteiger partial charge in [0.15, 0.2) is 0 Å². The molecule has 0 bridgehead atoms. The van der Waals surface area contributed by atoms with Crippen molar-refractivity contribution in [2.24, 2.45) is 5.92 Å². The third kappa shape index (κ3) is 4.21. The van der Waals surface area contributed by atoms with Gasteiger partial charge in [0.2, 0.25) is 0 Å². The van der Waals surface area contributed by atoms with E-state index >= 15 is 0 Å². The minimum Gasteiger partial charge on any atom is -0.299 e. The van der Waals surface area contributed by atoms with Crippen LogP contribution in [0.25, 0.3) is 11.1 Å². The monoisotopic (exact) mass is 334 g/mol. The number of carbonyl (C=O) groups excluding carboxylic acids is 1. The molecule has 1 nitrogen and oxygen atoms in total. The Morgan fingerprint density at radius 3 is 1.88 bits per heavy atom. The number of benzene rings is 2. The molecule has 0 spiro atoms. The van der Waals surface area contributed by atoms with Crippen molar-refractivity contribution in [2.45, 2.75) is 64.7 Å². The van der Waals surface area contributed by atoms with E-state index in [1.807, 2.05) is 6.92 Å². The lowest BCUT2D eigenvalue weighted by Gasteiger charge is -2.28. The van der Waals surface area contributed by atoms with E-state index in [1.165, 1.54) is 22.3 Å². The lowest BCUT2D eigenvalue weighted by Crippen LogP contribution is -2.20. The first-order valence-electron chi connectivity index (χ1n) is 9.81. The lowest BCUT2D eigenvalue weighted by atomic mass is 9.76. The second-order valence-electron chi connectivity index (χ2n) is 7.77.